The van der Waals surface area contributed by atoms with Crippen LogP contribution in [-0.4, -0.2) is 15.5 Å². The lowest BCUT2D eigenvalue weighted by atomic mass is 10.1. The molecule has 1 heterocycles. The third-order valence-electron chi connectivity index (χ3n) is 4.53. The molecule has 0 saturated carbocycles. The number of aryl methyl sites for hydroxylation is 3. The average Bonchev–Trinajstić information content (AvgIpc) is 2.84. The van der Waals surface area contributed by atoms with Gasteiger partial charge in [0.25, 0.3) is 0 Å². The van der Waals surface area contributed by atoms with Crippen LogP contribution in [0.2, 0.25) is 0 Å². The van der Waals surface area contributed by atoms with Crippen molar-refractivity contribution in [3.63, 3.8) is 0 Å². The second-order valence-corrected chi connectivity index (χ2v) is 6.37. The number of aromatic nitrogens is 2. The first-order valence-corrected chi connectivity index (χ1v) is 8.24. The number of hydrogen-bond donors (Lipinski definition) is 1. The molecule has 0 spiro atoms. The Balaban J connectivity index is 1.81. The molecule has 1 atom stereocenters. The molecule has 1 N–H and O–H groups in total. The summed E-state index contributed by atoms with van der Waals surface area (Å²) in [5.41, 5.74) is 5.48. The van der Waals surface area contributed by atoms with Crippen LogP contribution in [0.5, 0.6) is 0 Å². The maximum atomic E-state index is 12.5. The van der Waals surface area contributed by atoms with E-state index in [1.165, 1.54) is 11.1 Å². The summed E-state index contributed by atoms with van der Waals surface area (Å²) in [5, 5.41) is 3.06. The van der Waals surface area contributed by atoms with Gasteiger partial charge in [-0.1, -0.05) is 30.3 Å². The zero-order valence-corrected chi connectivity index (χ0v) is 14.6. The molecule has 0 fully saturated rings. The molecule has 2 aromatic carbocycles. The molecule has 0 aliphatic heterocycles. The summed E-state index contributed by atoms with van der Waals surface area (Å²) in [6.45, 7) is 8.39. The molecule has 4 heteroatoms. The van der Waals surface area contributed by atoms with Gasteiger partial charge in [-0.3, -0.25) is 4.79 Å². The molecule has 1 aromatic heterocycles. The highest BCUT2D eigenvalue weighted by Crippen LogP contribution is 2.20. The molecule has 0 saturated heterocycles. The SMILES string of the molecule is Cc1cc2nc(C)n(CC(=O)NC(C)c3ccccc3)c2cc1C. The van der Waals surface area contributed by atoms with E-state index in [1.807, 2.05) is 48.7 Å². The molecule has 24 heavy (non-hydrogen) atoms. The van der Waals surface area contributed by atoms with Gasteiger partial charge in [0.05, 0.1) is 17.1 Å². The second kappa shape index (κ2) is 6.48. The van der Waals surface area contributed by atoms with Crippen LogP contribution < -0.4 is 5.32 Å². The van der Waals surface area contributed by atoms with E-state index in [4.69, 9.17) is 0 Å². The predicted molar refractivity (Wildman–Crippen MR) is 96.9 cm³/mol. The number of carbonyl (C=O) groups excluding carboxylic acids is 1. The first-order chi connectivity index (χ1) is 11.5. The van der Waals surface area contributed by atoms with Crippen LogP contribution in [0, 0.1) is 20.8 Å². The fourth-order valence-corrected chi connectivity index (χ4v) is 2.96. The highest BCUT2D eigenvalue weighted by Gasteiger charge is 2.14. The maximum Gasteiger partial charge on any atom is 0.240 e. The standard InChI is InChI=1S/C20H23N3O/c1-13-10-18-19(11-14(13)2)23(16(4)22-18)12-20(24)21-15(3)17-8-6-5-7-9-17/h5-11,15H,12H2,1-4H3,(H,21,24). The van der Waals surface area contributed by atoms with Crippen LogP contribution in [0.1, 0.15) is 35.5 Å². The molecule has 1 unspecified atom stereocenters. The van der Waals surface area contributed by atoms with E-state index in [0.717, 1.165) is 22.4 Å². The number of nitrogens with one attached hydrogen (secondary N) is 1. The summed E-state index contributed by atoms with van der Waals surface area (Å²) >= 11 is 0. The third-order valence-corrected chi connectivity index (χ3v) is 4.53. The Morgan fingerprint density at radius 1 is 1.12 bits per heavy atom. The first kappa shape index (κ1) is 16.2. The Morgan fingerprint density at radius 2 is 1.79 bits per heavy atom. The van der Waals surface area contributed by atoms with Crippen molar-refractivity contribution in [2.75, 3.05) is 0 Å². The largest absolute Gasteiger partial charge is 0.348 e. The molecular formula is C20H23N3O. The molecule has 0 bridgehead atoms. The quantitative estimate of drug-likeness (QED) is 0.793. The lowest BCUT2D eigenvalue weighted by Crippen LogP contribution is -2.30. The molecule has 3 rings (SSSR count). The van der Waals surface area contributed by atoms with Crippen LogP contribution in [0.4, 0.5) is 0 Å². The van der Waals surface area contributed by atoms with E-state index >= 15 is 0 Å². The summed E-state index contributed by atoms with van der Waals surface area (Å²) in [6.07, 6.45) is 0. The molecular weight excluding hydrogens is 298 g/mol. The van der Waals surface area contributed by atoms with Crippen molar-refractivity contribution in [3.05, 3.63) is 65.0 Å². The van der Waals surface area contributed by atoms with Gasteiger partial charge in [-0.25, -0.2) is 4.98 Å². The lowest BCUT2D eigenvalue weighted by molar-refractivity contribution is -0.122. The minimum absolute atomic E-state index is 0.00742. The molecule has 0 radical (unpaired) electrons. The number of benzene rings is 2. The van der Waals surface area contributed by atoms with Gasteiger partial charge >= 0.3 is 0 Å². The fourth-order valence-electron chi connectivity index (χ4n) is 2.96. The molecule has 124 valence electrons. The molecule has 0 aliphatic rings. The fraction of sp³-hybridized carbons (Fsp3) is 0.300. The van der Waals surface area contributed by atoms with Crippen molar-refractivity contribution in [2.24, 2.45) is 0 Å². The number of hydrogen-bond acceptors (Lipinski definition) is 2. The number of nitrogens with zero attached hydrogens (tertiary/aromatic N) is 2. The topological polar surface area (TPSA) is 46.9 Å². The van der Waals surface area contributed by atoms with Gasteiger partial charge in [0, 0.05) is 0 Å². The van der Waals surface area contributed by atoms with E-state index in [2.05, 4.69) is 36.3 Å². The summed E-state index contributed by atoms with van der Waals surface area (Å²) in [5.74, 6) is 0.851. The summed E-state index contributed by atoms with van der Waals surface area (Å²) in [4.78, 5) is 17.1. The van der Waals surface area contributed by atoms with E-state index in [-0.39, 0.29) is 18.5 Å². The van der Waals surface area contributed by atoms with E-state index in [9.17, 15) is 4.79 Å². The molecule has 4 nitrogen and oxygen atoms in total. The van der Waals surface area contributed by atoms with Gasteiger partial charge in [-0.05, 0) is 56.5 Å². The number of amides is 1. The number of imidazole rings is 1. The second-order valence-electron chi connectivity index (χ2n) is 6.37. The molecule has 1 amide bonds. The Bertz CT molecular complexity index is 881. The third kappa shape index (κ3) is 3.18. The van der Waals surface area contributed by atoms with Gasteiger partial charge in [0.2, 0.25) is 5.91 Å². The minimum Gasteiger partial charge on any atom is -0.348 e. The van der Waals surface area contributed by atoms with Gasteiger partial charge in [-0.2, -0.15) is 0 Å². The number of rotatable bonds is 4. The normalized spacial score (nSPS) is 12.3. The van der Waals surface area contributed by atoms with Crippen LogP contribution in [0.25, 0.3) is 11.0 Å². The van der Waals surface area contributed by atoms with Crippen molar-refractivity contribution < 1.29 is 4.79 Å². The number of carbonyl (C=O) groups is 1. The Labute approximate surface area is 142 Å². The van der Waals surface area contributed by atoms with Crippen molar-refractivity contribution in [3.8, 4) is 0 Å². The number of fused-ring (bicyclic) bond motifs is 1. The summed E-state index contributed by atoms with van der Waals surface area (Å²) in [7, 11) is 0. The van der Waals surface area contributed by atoms with Crippen molar-refractivity contribution in [2.45, 2.75) is 40.3 Å². The maximum absolute atomic E-state index is 12.5. The minimum atomic E-state index is -0.0160. The van der Waals surface area contributed by atoms with Crippen LogP contribution >= 0.6 is 0 Å². The smallest absolute Gasteiger partial charge is 0.240 e. The molecule has 3 aromatic rings. The van der Waals surface area contributed by atoms with Crippen LogP contribution in [0.3, 0.4) is 0 Å². The highest BCUT2D eigenvalue weighted by molar-refractivity contribution is 5.82. The van der Waals surface area contributed by atoms with Crippen molar-refractivity contribution >= 4 is 16.9 Å². The predicted octanol–water partition coefficient (Wildman–Crippen LogP) is 3.84. The Morgan fingerprint density at radius 3 is 2.50 bits per heavy atom. The van der Waals surface area contributed by atoms with Gasteiger partial charge in [-0.15, -0.1) is 0 Å². The molecule has 0 aliphatic carbocycles. The van der Waals surface area contributed by atoms with Crippen molar-refractivity contribution in [1.82, 2.24) is 14.9 Å². The average molecular weight is 321 g/mol. The van der Waals surface area contributed by atoms with Crippen LogP contribution in [-0.2, 0) is 11.3 Å². The van der Waals surface area contributed by atoms with Crippen molar-refractivity contribution in [1.29, 1.82) is 0 Å². The zero-order chi connectivity index (χ0) is 17.3. The first-order valence-electron chi connectivity index (χ1n) is 8.24. The lowest BCUT2D eigenvalue weighted by Gasteiger charge is -2.15. The van der Waals surface area contributed by atoms with E-state index < -0.39 is 0 Å². The van der Waals surface area contributed by atoms with Crippen LogP contribution in [0.15, 0.2) is 42.5 Å². The summed E-state index contributed by atoms with van der Waals surface area (Å²) in [6, 6.07) is 14.2. The Kier molecular flexibility index (Phi) is 4.38. The Hall–Kier alpha value is -2.62. The van der Waals surface area contributed by atoms with E-state index in [0.29, 0.717) is 0 Å². The monoisotopic (exact) mass is 321 g/mol. The van der Waals surface area contributed by atoms with E-state index in [1.54, 1.807) is 0 Å². The highest BCUT2D eigenvalue weighted by atomic mass is 16.2. The van der Waals surface area contributed by atoms with Gasteiger partial charge in [0.1, 0.15) is 12.4 Å². The zero-order valence-electron chi connectivity index (χ0n) is 14.6. The van der Waals surface area contributed by atoms with Gasteiger partial charge < -0.3 is 9.88 Å². The summed E-state index contributed by atoms with van der Waals surface area (Å²) < 4.78 is 1.98. The van der Waals surface area contributed by atoms with Gasteiger partial charge in [0.15, 0.2) is 0 Å².